The molecule has 1 aromatic carbocycles. The predicted molar refractivity (Wildman–Crippen MR) is 74.7 cm³/mol. The van der Waals surface area contributed by atoms with Gasteiger partial charge in [0, 0.05) is 0 Å². The highest BCUT2D eigenvalue weighted by molar-refractivity contribution is 6.06. The zero-order valence-electron chi connectivity index (χ0n) is 12.0. The van der Waals surface area contributed by atoms with Crippen molar-refractivity contribution in [2.24, 2.45) is 5.92 Å². The molecule has 5 nitrogen and oxygen atoms in total. The van der Waals surface area contributed by atoms with Crippen LogP contribution in [0.4, 0.5) is 4.79 Å². The van der Waals surface area contributed by atoms with E-state index in [1.165, 1.54) is 4.90 Å². The second-order valence-electron chi connectivity index (χ2n) is 5.65. The number of aliphatic hydroxyl groups excluding tert-OH is 1. The zero-order valence-corrected chi connectivity index (χ0v) is 12.0. The van der Waals surface area contributed by atoms with Crippen LogP contribution in [0.25, 0.3) is 0 Å². The third-order valence-electron chi connectivity index (χ3n) is 4.00. The number of carbonyl (C=O) groups excluding carboxylic acids is 2. The molecule has 0 aromatic heterocycles. The Morgan fingerprint density at radius 3 is 2.20 bits per heavy atom. The number of hydrogen-bond acceptors (Lipinski definition) is 3. The topological polar surface area (TPSA) is 69.6 Å². The number of nitrogens with zero attached hydrogens (tertiary/aromatic N) is 1. The van der Waals surface area contributed by atoms with Crippen molar-refractivity contribution in [1.29, 1.82) is 0 Å². The van der Waals surface area contributed by atoms with Gasteiger partial charge in [-0.2, -0.15) is 0 Å². The molecule has 1 fully saturated rings. The van der Waals surface area contributed by atoms with E-state index in [4.69, 9.17) is 5.11 Å². The Bertz CT molecular complexity index is 524. The highest BCUT2D eigenvalue weighted by Gasteiger charge is 2.49. The second kappa shape index (κ2) is 5.25. The van der Waals surface area contributed by atoms with Crippen LogP contribution in [0.15, 0.2) is 24.3 Å². The number of benzene rings is 1. The van der Waals surface area contributed by atoms with Crippen molar-refractivity contribution in [1.82, 2.24) is 10.2 Å². The van der Waals surface area contributed by atoms with Crippen LogP contribution in [0.2, 0.25) is 0 Å². The molecule has 0 aliphatic carbocycles. The highest BCUT2D eigenvalue weighted by atomic mass is 16.3. The summed E-state index contributed by atoms with van der Waals surface area (Å²) >= 11 is 0. The summed E-state index contributed by atoms with van der Waals surface area (Å²) in [6.07, 6.45) is 0. The van der Waals surface area contributed by atoms with E-state index in [9.17, 15) is 9.59 Å². The normalized spacial score (nSPS) is 22.6. The van der Waals surface area contributed by atoms with Gasteiger partial charge in [-0.15, -0.1) is 0 Å². The maximum atomic E-state index is 12.4. The van der Waals surface area contributed by atoms with Crippen molar-refractivity contribution < 1.29 is 14.7 Å². The van der Waals surface area contributed by atoms with E-state index in [0.717, 1.165) is 11.1 Å². The lowest BCUT2D eigenvalue weighted by molar-refractivity contribution is -0.132. The minimum atomic E-state index is -0.831. The Hall–Kier alpha value is -1.88. The van der Waals surface area contributed by atoms with Gasteiger partial charge >= 0.3 is 6.03 Å². The molecule has 1 aromatic rings. The number of hydrogen-bond donors (Lipinski definition) is 2. The highest BCUT2D eigenvalue weighted by Crippen LogP contribution is 2.26. The van der Waals surface area contributed by atoms with Crippen molar-refractivity contribution in [2.45, 2.75) is 39.5 Å². The quantitative estimate of drug-likeness (QED) is 0.821. The number of amides is 3. The maximum absolute atomic E-state index is 12.4. The van der Waals surface area contributed by atoms with Gasteiger partial charge in [-0.1, -0.05) is 38.1 Å². The minimum absolute atomic E-state index is 0.0190. The largest absolute Gasteiger partial charge is 0.392 e. The van der Waals surface area contributed by atoms with Crippen molar-refractivity contribution in [3.05, 3.63) is 35.4 Å². The van der Waals surface area contributed by atoms with Crippen LogP contribution >= 0.6 is 0 Å². The lowest BCUT2D eigenvalue weighted by Gasteiger charge is -2.25. The molecule has 1 saturated heterocycles. The first-order valence-corrected chi connectivity index (χ1v) is 6.71. The Balaban J connectivity index is 2.17. The van der Waals surface area contributed by atoms with Gasteiger partial charge in [0.25, 0.3) is 5.91 Å². The summed E-state index contributed by atoms with van der Waals surface area (Å²) in [6, 6.07) is 6.86. The molecular formula is C15H20N2O3. The number of rotatable bonds is 4. The number of carbonyl (C=O) groups is 2. The van der Waals surface area contributed by atoms with Gasteiger partial charge in [-0.05, 0) is 24.0 Å². The Labute approximate surface area is 118 Å². The van der Waals surface area contributed by atoms with Gasteiger partial charge in [-0.3, -0.25) is 9.69 Å². The van der Waals surface area contributed by atoms with E-state index in [-0.39, 0.29) is 31.0 Å². The third kappa shape index (κ3) is 2.41. The number of aliphatic hydroxyl groups is 1. The molecular weight excluding hydrogens is 256 g/mol. The predicted octanol–water partition coefficient (Wildman–Crippen LogP) is 1.65. The van der Waals surface area contributed by atoms with Crippen LogP contribution in [0.5, 0.6) is 0 Å². The summed E-state index contributed by atoms with van der Waals surface area (Å²) in [6.45, 7) is 5.82. The monoisotopic (exact) mass is 276 g/mol. The van der Waals surface area contributed by atoms with E-state index in [2.05, 4.69) is 5.32 Å². The van der Waals surface area contributed by atoms with Crippen molar-refractivity contribution >= 4 is 11.9 Å². The average molecular weight is 276 g/mol. The number of urea groups is 1. The molecule has 1 atom stereocenters. The molecule has 20 heavy (non-hydrogen) atoms. The summed E-state index contributed by atoms with van der Waals surface area (Å²) in [4.78, 5) is 25.6. The molecule has 0 spiro atoms. The average Bonchev–Trinajstić information content (AvgIpc) is 2.64. The van der Waals surface area contributed by atoms with Crippen molar-refractivity contribution in [3.63, 3.8) is 0 Å². The van der Waals surface area contributed by atoms with E-state index in [1.807, 2.05) is 26.0 Å². The van der Waals surface area contributed by atoms with E-state index >= 15 is 0 Å². The number of nitrogens with one attached hydrogen (secondary N) is 1. The van der Waals surface area contributed by atoms with E-state index in [1.54, 1.807) is 19.1 Å². The summed E-state index contributed by atoms with van der Waals surface area (Å²) in [5.41, 5.74) is 0.832. The van der Waals surface area contributed by atoms with Gasteiger partial charge in [0.1, 0.15) is 5.54 Å². The van der Waals surface area contributed by atoms with E-state index in [0.29, 0.717) is 0 Å². The van der Waals surface area contributed by atoms with Crippen LogP contribution in [0, 0.1) is 5.92 Å². The first kappa shape index (κ1) is 14.5. The van der Waals surface area contributed by atoms with E-state index < -0.39 is 5.54 Å². The van der Waals surface area contributed by atoms with Gasteiger partial charge in [0.05, 0.1) is 13.2 Å². The molecule has 0 saturated carbocycles. The minimum Gasteiger partial charge on any atom is -0.392 e. The van der Waals surface area contributed by atoms with Gasteiger partial charge in [0.15, 0.2) is 0 Å². The third-order valence-corrected chi connectivity index (χ3v) is 4.00. The summed E-state index contributed by atoms with van der Waals surface area (Å²) in [5, 5.41) is 11.8. The lowest BCUT2D eigenvalue weighted by Crippen LogP contribution is -2.48. The smallest absolute Gasteiger partial charge is 0.325 e. The Morgan fingerprint density at radius 1 is 1.20 bits per heavy atom. The van der Waals surface area contributed by atoms with Crippen molar-refractivity contribution in [3.8, 4) is 0 Å². The summed E-state index contributed by atoms with van der Waals surface area (Å²) in [7, 11) is 0. The van der Waals surface area contributed by atoms with Crippen LogP contribution in [-0.4, -0.2) is 27.5 Å². The zero-order chi connectivity index (χ0) is 14.9. The van der Waals surface area contributed by atoms with Crippen LogP contribution in [0.3, 0.4) is 0 Å². The first-order chi connectivity index (χ1) is 9.38. The van der Waals surface area contributed by atoms with Gasteiger partial charge < -0.3 is 10.4 Å². The molecule has 0 radical (unpaired) electrons. The standard InChI is InChI=1S/C15H20N2O3/c1-10(2)15(3)13(19)17(14(20)16-15)8-11-4-6-12(9-18)7-5-11/h4-7,10,18H,8-9H2,1-3H3,(H,16,20). The molecule has 0 bridgehead atoms. The fraction of sp³-hybridized carbons (Fsp3) is 0.467. The second-order valence-corrected chi connectivity index (χ2v) is 5.65. The Morgan fingerprint density at radius 2 is 1.75 bits per heavy atom. The SMILES string of the molecule is CC(C)C1(C)NC(=O)N(Cc2ccc(CO)cc2)C1=O. The summed E-state index contributed by atoms with van der Waals surface area (Å²) in [5.74, 6) is -0.163. The molecule has 2 N–H and O–H groups in total. The molecule has 1 heterocycles. The van der Waals surface area contributed by atoms with Crippen LogP contribution in [-0.2, 0) is 17.9 Å². The molecule has 2 rings (SSSR count). The molecule has 1 aliphatic heterocycles. The molecule has 5 heteroatoms. The first-order valence-electron chi connectivity index (χ1n) is 6.71. The van der Waals surface area contributed by atoms with Crippen molar-refractivity contribution in [2.75, 3.05) is 0 Å². The molecule has 1 unspecified atom stereocenters. The maximum Gasteiger partial charge on any atom is 0.325 e. The van der Waals surface area contributed by atoms with Gasteiger partial charge in [-0.25, -0.2) is 4.79 Å². The van der Waals surface area contributed by atoms with Crippen LogP contribution in [0.1, 0.15) is 31.9 Å². The lowest BCUT2D eigenvalue weighted by atomic mass is 9.88. The molecule has 3 amide bonds. The molecule has 1 aliphatic rings. The fourth-order valence-corrected chi connectivity index (χ4v) is 2.18. The molecule has 108 valence electrons. The Kier molecular flexibility index (Phi) is 3.81. The fourth-order valence-electron chi connectivity index (χ4n) is 2.18. The van der Waals surface area contributed by atoms with Crippen LogP contribution < -0.4 is 5.32 Å². The van der Waals surface area contributed by atoms with Gasteiger partial charge in [0.2, 0.25) is 0 Å². The summed E-state index contributed by atoms with van der Waals surface area (Å²) < 4.78 is 0. The number of imide groups is 1.